The van der Waals surface area contributed by atoms with Gasteiger partial charge in [-0.25, -0.2) is 4.68 Å². The lowest BCUT2D eigenvalue weighted by Gasteiger charge is -2.16. The summed E-state index contributed by atoms with van der Waals surface area (Å²) in [5, 5.41) is 17.3. The average molecular weight is 233 g/mol. The van der Waals surface area contributed by atoms with E-state index in [0.717, 1.165) is 11.1 Å². The lowest BCUT2D eigenvalue weighted by Crippen LogP contribution is -2.17. The van der Waals surface area contributed by atoms with Gasteiger partial charge in [0.25, 0.3) is 0 Å². The second-order valence-corrected chi connectivity index (χ2v) is 4.49. The van der Waals surface area contributed by atoms with Crippen LogP contribution in [0.15, 0.2) is 18.2 Å². The van der Waals surface area contributed by atoms with Crippen LogP contribution in [0.3, 0.4) is 0 Å². The highest BCUT2D eigenvalue weighted by Gasteiger charge is 2.26. The van der Waals surface area contributed by atoms with Gasteiger partial charge in [-0.15, -0.1) is 5.10 Å². The van der Waals surface area contributed by atoms with Crippen LogP contribution in [0.2, 0.25) is 0 Å². The Balaban J connectivity index is 2.65. The molecule has 0 aliphatic rings. The minimum absolute atomic E-state index is 0.0140. The molecule has 0 radical (unpaired) electrons. The summed E-state index contributed by atoms with van der Waals surface area (Å²) in [5.74, 6) is -1.35. The van der Waals surface area contributed by atoms with Gasteiger partial charge in [0.15, 0.2) is 0 Å². The maximum absolute atomic E-state index is 11.3. The fraction of sp³-hybridized carbons (Fsp3) is 0.417. The molecule has 1 unspecified atom stereocenters. The van der Waals surface area contributed by atoms with Crippen molar-refractivity contribution >= 4 is 17.0 Å². The molecule has 0 spiro atoms. The molecule has 0 aliphatic heterocycles. The van der Waals surface area contributed by atoms with Gasteiger partial charge in [0.2, 0.25) is 0 Å². The quantitative estimate of drug-likeness (QED) is 0.877. The lowest BCUT2D eigenvalue weighted by atomic mass is 9.88. The van der Waals surface area contributed by atoms with Gasteiger partial charge >= 0.3 is 5.97 Å². The second kappa shape index (κ2) is 4.16. The average Bonchev–Trinajstić information content (AvgIpc) is 2.61. The van der Waals surface area contributed by atoms with Crippen molar-refractivity contribution in [2.24, 2.45) is 13.0 Å². The predicted octanol–water partition coefficient (Wildman–Crippen LogP) is 1.79. The number of aryl methyl sites for hydroxylation is 1. The third-order valence-electron chi connectivity index (χ3n) is 2.94. The highest BCUT2D eigenvalue weighted by atomic mass is 16.4. The van der Waals surface area contributed by atoms with Gasteiger partial charge in [-0.05, 0) is 17.5 Å². The summed E-state index contributed by atoms with van der Waals surface area (Å²) in [4.78, 5) is 11.3. The summed E-state index contributed by atoms with van der Waals surface area (Å²) < 4.78 is 1.65. The smallest absolute Gasteiger partial charge is 0.311 e. The van der Waals surface area contributed by atoms with Gasteiger partial charge in [0.05, 0.1) is 11.4 Å². The van der Waals surface area contributed by atoms with Gasteiger partial charge < -0.3 is 5.11 Å². The van der Waals surface area contributed by atoms with Crippen molar-refractivity contribution in [3.63, 3.8) is 0 Å². The molecule has 1 N–H and O–H groups in total. The molecular weight excluding hydrogens is 218 g/mol. The molecular formula is C12H15N3O2. The molecule has 2 rings (SSSR count). The molecule has 5 heteroatoms. The molecule has 5 nitrogen and oxygen atoms in total. The molecule has 0 saturated carbocycles. The molecule has 1 heterocycles. The summed E-state index contributed by atoms with van der Waals surface area (Å²) in [6.45, 7) is 3.79. The van der Waals surface area contributed by atoms with Crippen LogP contribution in [0, 0.1) is 5.92 Å². The molecule has 2 aromatic rings. The van der Waals surface area contributed by atoms with Crippen LogP contribution in [-0.2, 0) is 11.8 Å². The van der Waals surface area contributed by atoms with Crippen molar-refractivity contribution in [1.29, 1.82) is 0 Å². The Labute approximate surface area is 99.1 Å². The van der Waals surface area contributed by atoms with E-state index < -0.39 is 11.9 Å². The fourth-order valence-electron chi connectivity index (χ4n) is 2.11. The number of aliphatic carboxylic acids is 1. The number of nitrogens with zero attached hydrogens (tertiary/aromatic N) is 3. The predicted molar refractivity (Wildman–Crippen MR) is 63.7 cm³/mol. The monoisotopic (exact) mass is 233 g/mol. The van der Waals surface area contributed by atoms with Crippen LogP contribution < -0.4 is 0 Å². The number of rotatable bonds is 3. The molecule has 1 aromatic carbocycles. The van der Waals surface area contributed by atoms with Crippen molar-refractivity contribution in [2.75, 3.05) is 0 Å². The summed E-state index contributed by atoms with van der Waals surface area (Å²) in [6, 6.07) is 5.55. The number of fused-ring (bicyclic) bond motifs is 1. The highest BCUT2D eigenvalue weighted by molar-refractivity contribution is 5.86. The highest BCUT2D eigenvalue weighted by Crippen LogP contribution is 2.29. The first kappa shape index (κ1) is 11.6. The van der Waals surface area contributed by atoms with Crippen LogP contribution >= 0.6 is 0 Å². The Morgan fingerprint density at radius 1 is 1.41 bits per heavy atom. The van der Waals surface area contributed by atoms with Gasteiger partial charge in [0.1, 0.15) is 5.52 Å². The number of carboxylic acids is 1. The zero-order valence-electron chi connectivity index (χ0n) is 10.1. The minimum Gasteiger partial charge on any atom is -0.481 e. The van der Waals surface area contributed by atoms with E-state index in [1.165, 1.54) is 0 Å². The Morgan fingerprint density at radius 3 is 2.71 bits per heavy atom. The molecule has 0 aliphatic carbocycles. The van der Waals surface area contributed by atoms with Crippen molar-refractivity contribution < 1.29 is 9.90 Å². The van der Waals surface area contributed by atoms with Gasteiger partial charge in [-0.2, -0.15) is 0 Å². The largest absolute Gasteiger partial charge is 0.481 e. The first-order chi connectivity index (χ1) is 8.02. The second-order valence-electron chi connectivity index (χ2n) is 4.49. The van der Waals surface area contributed by atoms with Crippen LogP contribution in [0.1, 0.15) is 25.3 Å². The van der Waals surface area contributed by atoms with Crippen molar-refractivity contribution in [3.05, 3.63) is 23.8 Å². The van der Waals surface area contributed by atoms with E-state index in [1.807, 2.05) is 32.0 Å². The Bertz CT molecular complexity index is 560. The Hall–Kier alpha value is -1.91. The van der Waals surface area contributed by atoms with E-state index in [-0.39, 0.29) is 5.92 Å². The summed E-state index contributed by atoms with van der Waals surface area (Å²) >= 11 is 0. The first-order valence-electron chi connectivity index (χ1n) is 5.53. The van der Waals surface area contributed by atoms with Crippen molar-refractivity contribution in [1.82, 2.24) is 15.0 Å². The number of carbonyl (C=O) groups is 1. The molecule has 0 bridgehead atoms. The van der Waals surface area contributed by atoms with Crippen molar-refractivity contribution in [2.45, 2.75) is 19.8 Å². The van der Waals surface area contributed by atoms with Crippen LogP contribution in [0.4, 0.5) is 0 Å². The summed E-state index contributed by atoms with van der Waals surface area (Å²) in [5.41, 5.74) is 2.27. The van der Waals surface area contributed by atoms with Crippen molar-refractivity contribution in [3.8, 4) is 0 Å². The summed E-state index contributed by atoms with van der Waals surface area (Å²) in [6.07, 6.45) is 0. The van der Waals surface area contributed by atoms with E-state index in [0.29, 0.717) is 5.52 Å². The zero-order chi connectivity index (χ0) is 12.6. The standard InChI is InChI=1S/C12H15N3O2/c1-7(2)10(12(16)17)8-5-4-6-9-11(8)13-14-15(9)3/h4-7,10H,1-3H3,(H,16,17). The van der Waals surface area contributed by atoms with E-state index in [2.05, 4.69) is 10.3 Å². The maximum atomic E-state index is 11.3. The molecule has 17 heavy (non-hydrogen) atoms. The van der Waals surface area contributed by atoms with E-state index >= 15 is 0 Å². The van der Waals surface area contributed by atoms with Crippen LogP contribution in [0.25, 0.3) is 11.0 Å². The van der Waals surface area contributed by atoms with E-state index in [4.69, 9.17) is 0 Å². The Kier molecular flexibility index (Phi) is 2.83. The topological polar surface area (TPSA) is 68.0 Å². The molecule has 0 saturated heterocycles. The molecule has 1 atom stereocenters. The third kappa shape index (κ3) is 1.88. The molecule has 90 valence electrons. The normalized spacial score (nSPS) is 13.2. The van der Waals surface area contributed by atoms with Gasteiger partial charge in [-0.1, -0.05) is 31.2 Å². The first-order valence-corrected chi connectivity index (χ1v) is 5.53. The number of aromatic nitrogens is 3. The van der Waals surface area contributed by atoms with Gasteiger partial charge in [-0.3, -0.25) is 4.79 Å². The SMILES string of the molecule is CC(C)C(C(=O)O)c1cccc2c1nnn2C. The number of carboxylic acid groups (broad SMARTS) is 1. The van der Waals surface area contributed by atoms with Crippen LogP contribution in [0.5, 0.6) is 0 Å². The van der Waals surface area contributed by atoms with E-state index in [9.17, 15) is 9.90 Å². The summed E-state index contributed by atoms with van der Waals surface area (Å²) in [7, 11) is 1.80. The van der Waals surface area contributed by atoms with Crippen LogP contribution in [-0.4, -0.2) is 26.1 Å². The van der Waals surface area contributed by atoms with E-state index in [1.54, 1.807) is 11.7 Å². The molecule has 1 aromatic heterocycles. The lowest BCUT2D eigenvalue weighted by molar-refractivity contribution is -0.139. The van der Waals surface area contributed by atoms with Gasteiger partial charge in [0, 0.05) is 7.05 Å². The molecule has 0 fully saturated rings. The third-order valence-corrected chi connectivity index (χ3v) is 2.94. The maximum Gasteiger partial charge on any atom is 0.311 e. The number of benzene rings is 1. The minimum atomic E-state index is -0.821. The molecule has 0 amide bonds. The zero-order valence-corrected chi connectivity index (χ0v) is 10.1. The number of hydrogen-bond acceptors (Lipinski definition) is 3. The number of hydrogen-bond donors (Lipinski definition) is 1. The Morgan fingerprint density at radius 2 is 2.12 bits per heavy atom. The fourth-order valence-corrected chi connectivity index (χ4v) is 2.11.